The second-order valence-electron chi connectivity index (χ2n) is 3.23. The summed E-state index contributed by atoms with van der Waals surface area (Å²) in [6, 6.07) is 0. The van der Waals surface area contributed by atoms with E-state index in [9.17, 15) is 13.2 Å². The van der Waals surface area contributed by atoms with E-state index in [-0.39, 0.29) is 6.61 Å². The van der Waals surface area contributed by atoms with Crippen LogP contribution in [-0.4, -0.2) is 30.9 Å². The summed E-state index contributed by atoms with van der Waals surface area (Å²) in [5, 5.41) is 5.81. The van der Waals surface area contributed by atoms with Gasteiger partial charge in [0.15, 0.2) is 0 Å². The lowest BCUT2D eigenvalue weighted by atomic mass is 10.5. The van der Waals surface area contributed by atoms with Crippen LogP contribution in [0.5, 0.6) is 0 Å². The number of nitrogens with zero attached hydrogens (tertiary/aromatic N) is 1. The van der Waals surface area contributed by atoms with Crippen molar-refractivity contribution in [3.8, 4) is 0 Å². The molecule has 1 rings (SSSR count). The van der Waals surface area contributed by atoms with Crippen LogP contribution in [0.25, 0.3) is 0 Å². The Morgan fingerprint density at radius 1 is 1.50 bits per heavy atom. The van der Waals surface area contributed by atoms with E-state index in [1.165, 1.54) is 11.3 Å². The molecule has 0 aromatic carbocycles. The summed E-state index contributed by atoms with van der Waals surface area (Å²) in [4.78, 5) is 4.20. The number of hydrogen-bond donors (Lipinski definition) is 1. The molecule has 3 nitrogen and oxygen atoms in total. The molecule has 92 valence electrons. The van der Waals surface area contributed by atoms with Gasteiger partial charge in [-0.1, -0.05) is 0 Å². The largest absolute Gasteiger partial charge is 0.411 e. The van der Waals surface area contributed by atoms with Crippen LogP contribution in [0.15, 0.2) is 5.38 Å². The van der Waals surface area contributed by atoms with E-state index in [1.54, 1.807) is 0 Å². The summed E-state index contributed by atoms with van der Waals surface area (Å²) in [5.74, 6) is 0. The molecular weight excluding hydrogens is 241 g/mol. The Morgan fingerprint density at radius 2 is 2.25 bits per heavy atom. The minimum atomic E-state index is -4.24. The Morgan fingerprint density at radius 3 is 2.81 bits per heavy atom. The van der Waals surface area contributed by atoms with Gasteiger partial charge >= 0.3 is 6.18 Å². The van der Waals surface area contributed by atoms with Crippen LogP contribution in [-0.2, 0) is 11.3 Å². The second kappa shape index (κ2) is 6.17. The standard InChI is InChI=1S/C9H13F3N2OS/c1-7-5-16-8(14-7)4-13-2-3-15-6-9(10,11)12/h5,13H,2-4,6H2,1H3. The molecule has 0 saturated carbocycles. The molecule has 0 bridgehead atoms. The zero-order valence-electron chi connectivity index (χ0n) is 8.80. The average Bonchev–Trinajstić information content (AvgIpc) is 2.56. The van der Waals surface area contributed by atoms with Crippen molar-refractivity contribution < 1.29 is 17.9 Å². The molecule has 16 heavy (non-hydrogen) atoms. The van der Waals surface area contributed by atoms with E-state index in [0.29, 0.717) is 13.1 Å². The maximum absolute atomic E-state index is 11.7. The molecule has 0 atom stereocenters. The van der Waals surface area contributed by atoms with E-state index in [4.69, 9.17) is 0 Å². The third-order valence-corrected chi connectivity index (χ3v) is 2.60. The van der Waals surface area contributed by atoms with Crippen LogP contribution in [0.4, 0.5) is 13.2 Å². The van der Waals surface area contributed by atoms with Gasteiger partial charge < -0.3 is 10.1 Å². The molecule has 0 aliphatic rings. The monoisotopic (exact) mass is 254 g/mol. The molecule has 0 amide bonds. The summed E-state index contributed by atoms with van der Waals surface area (Å²) in [5.41, 5.74) is 0.954. The normalized spacial score (nSPS) is 12.0. The number of aryl methyl sites for hydroxylation is 1. The lowest BCUT2D eigenvalue weighted by molar-refractivity contribution is -0.173. The van der Waals surface area contributed by atoms with Crippen LogP contribution in [0.1, 0.15) is 10.7 Å². The zero-order chi connectivity index (χ0) is 12.0. The van der Waals surface area contributed by atoms with E-state index in [2.05, 4.69) is 15.0 Å². The van der Waals surface area contributed by atoms with E-state index in [0.717, 1.165) is 10.7 Å². The van der Waals surface area contributed by atoms with Crippen molar-refractivity contribution >= 4 is 11.3 Å². The first kappa shape index (κ1) is 13.4. The number of nitrogens with one attached hydrogen (secondary N) is 1. The van der Waals surface area contributed by atoms with Gasteiger partial charge in [0.1, 0.15) is 11.6 Å². The van der Waals surface area contributed by atoms with Gasteiger partial charge in [-0.05, 0) is 6.92 Å². The third kappa shape index (κ3) is 6.04. The minimum Gasteiger partial charge on any atom is -0.371 e. The SMILES string of the molecule is Cc1csc(CNCCOCC(F)(F)F)n1. The molecule has 0 aliphatic heterocycles. The topological polar surface area (TPSA) is 34.1 Å². The lowest BCUT2D eigenvalue weighted by Gasteiger charge is -2.07. The Balaban J connectivity index is 2.00. The molecule has 0 radical (unpaired) electrons. The van der Waals surface area contributed by atoms with Gasteiger partial charge in [-0.3, -0.25) is 0 Å². The Kier molecular flexibility index (Phi) is 5.17. The minimum absolute atomic E-state index is 0.0455. The fraction of sp³-hybridized carbons (Fsp3) is 0.667. The number of thiazole rings is 1. The first-order valence-corrected chi connectivity index (χ1v) is 5.61. The molecule has 0 unspecified atom stereocenters. The van der Waals surface area contributed by atoms with Crippen molar-refractivity contribution in [3.05, 3.63) is 16.1 Å². The van der Waals surface area contributed by atoms with Gasteiger partial charge in [0, 0.05) is 24.2 Å². The van der Waals surface area contributed by atoms with Gasteiger partial charge in [0.05, 0.1) is 6.61 Å². The quantitative estimate of drug-likeness (QED) is 0.790. The fourth-order valence-corrected chi connectivity index (χ4v) is 1.75. The summed E-state index contributed by atoms with van der Waals surface area (Å²) in [6.07, 6.45) is -4.24. The smallest absolute Gasteiger partial charge is 0.371 e. The van der Waals surface area contributed by atoms with Gasteiger partial charge in [0.25, 0.3) is 0 Å². The van der Waals surface area contributed by atoms with Crippen molar-refractivity contribution in [3.63, 3.8) is 0 Å². The number of aromatic nitrogens is 1. The first-order chi connectivity index (χ1) is 7.47. The molecule has 0 spiro atoms. The summed E-state index contributed by atoms with van der Waals surface area (Å²) in [6.45, 7) is 1.70. The number of hydrogen-bond acceptors (Lipinski definition) is 4. The van der Waals surface area contributed by atoms with Crippen molar-refractivity contribution in [1.82, 2.24) is 10.3 Å². The summed E-state index contributed by atoms with van der Waals surface area (Å²) >= 11 is 1.52. The van der Waals surface area contributed by atoms with Gasteiger partial charge in [-0.2, -0.15) is 13.2 Å². The van der Waals surface area contributed by atoms with E-state index >= 15 is 0 Å². The summed E-state index contributed by atoms with van der Waals surface area (Å²) in [7, 11) is 0. The van der Waals surface area contributed by atoms with Crippen LogP contribution in [0, 0.1) is 6.92 Å². The predicted molar refractivity (Wildman–Crippen MR) is 55.4 cm³/mol. The third-order valence-electron chi connectivity index (χ3n) is 1.63. The highest BCUT2D eigenvalue weighted by Gasteiger charge is 2.27. The van der Waals surface area contributed by atoms with Crippen LogP contribution >= 0.6 is 11.3 Å². The van der Waals surface area contributed by atoms with Gasteiger partial charge in [-0.15, -0.1) is 11.3 Å². The molecule has 1 heterocycles. The maximum Gasteiger partial charge on any atom is 0.411 e. The van der Waals surface area contributed by atoms with Crippen LogP contribution in [0.3, 0.4) is 0 Å². The van der Waals surface area contributed by atoms with Crippen LogP contribution in [0.2, 0.25) is 0 Å². The molecule has 1 aromatic rings. The van der Waals surface area contributed by atoms with Crippen molar-refractivity contribution in [1.29, 1.82) is 0 Å². The molecule has 7 heteroatoms. The maximum atomic E-state index is 11.7. The fourth-order valence-electron chi connectivity index (χ4n) is 1.01. The predicted octanol–water partition coefficient (Wildman–Crippen LogP) is 2.12. The number of halogens is 3. The highest BCUT2D eigenvalue weighted by atomic mass is 32.1. The number of rotatable bonds is 6. The molecular formula is C9H13F3N2OS. The summed E-state index contributed by atoms with van der Waals surface area (Å²) < 4.78 is 39.5. The molecule has 0 saturated heterocycles. The lowest BCUT2D eigenvalue weighted by Crippen LogP contribution is -2.23. The highest BCUT2D eigenvalue weighted by molar-refractivity contribution is 7.09. The van der Waals surface area contributed by atoms with Crippen molar-refractivity contribution in [2.24, 2.45) is 0 Å². The molecule has 1 aromatic heterocycles. The first-order valence-electron chi connectivity index (χ1n) is 4.73. The van der Waals surface area contributed by atoms with Crippen LogP contribution < -0.4 is 5.32 Å². The van der Waals surface area contributed by atoms with Crippen molar-refractivity contribution in [2.45, 2.75) is 19.6 Å². The highest BCUT2D eigenvalue weighted by Crippen LogP contribution is 2.14. The molecule has 0 fully saturated rings. The Labute approximate surface area is 95.6 Å². The number of ether oxygens (including phenoxy) is 1. The van der Waals surface area contributed by atoms with Gasteiger partial charge in [0.2, 0.25) is 0 Å². The van der Waals surface area contributed by atoms with E-state index in [1.807, 2.05) is 12.3 Å². The molecule has 0 aliphatic carbocycles. The van der Waals surface area contributed by atoms with Crippen molar-refractivity contribution in [2.75, 3.05) is 19.8 Å². The zero-order valence-corrected chi connectivity index (χ0v) is 9.62. The number of alkyl halides is 3. The second-order valence-corrected chi connectivity index (χ2v) is 4.17. The van der Waals surface area contributed by atoms with Gasteiger partial charge in [-0.25, -0.2) is 4.98 Å². The Hall–Kier alpha value is -0.660. The molecule has 1 N–H and O–H groups in total. The van der Waals surface area contributed by atoms with E-state index < -0.39 is 12.8 Å². The Bertz CT molecular complexity index is 314. The average molecular weight is 254 g/mol.